The lowest BCUT2D eigenvalue weighted by atomic mass is 10.2. The summed E-state index contributed by atoms with van der Waals surface area (Å²) in [5.41, 5.74) is 2.55. The quantitative estimate of drug-likeness (QED) is 0.162. The van der Waals surface area contributed by atoms with Crippen LogP contribution in [-0.4, -0.2) is 37.9 Å². The summed E-state index contributed by atoms with van der Waals surface area (Å²) in [4.78, 5) is 35.4. The Balaban J connectivity index is 1.66. The topological polar surface area (TPSA) is 91.0 Å². The van der Waals surface area contributed by atoms with Crippen LogP contribution in [-0.2, 0) is 4.79 Å². The number of benzene rings is 2. The Bertz CT molecular complexity index is 1690. The van der Waals surface area contributed by atoms with Crippen molar-refractivity contribution in [1.29, 1.82) is 0 Å². The number of carbonyl (C=O) groups is 1. The van der Waals surface area contributed by atoms with Gasteiger partial charge < -0.3 is 10.1 Å². The summed E-state index contributed by atoms with van der Waals surface area (Å²) in [6, 6.07) is 15.0. The van der Waals surface area contributed by atoms with Gasteiger partial charge in [-0.1, -0.05) is 47.4 Å². The number of hydrogen-bond acceptors (Lipinski definition) is 9. The number of anilines is 1. The van der Waals surface area contributed by atoms with Gasteiger partial charge in [-0.25, -0.2) is 9.97 Å². The van der Waals surface area contributed by atoms with Crippen LogP contribution < -0.4 is 15.6 Å². The van der Waals surface area contributed by atoms with E-state index in [1.807, 2.05) is 55.5 Å². The number of nitrogens with one attached hydrogen (secondary N) is 1. The number of thiazole rings is 2. The number of methoxy groups -OCH3 is 1. The maximum Gasteiger partial charge on any atom is 0.278 e. The van der Waals surface area contributed by atoms with Gasteiger partial charge in [-0.2, -0.15) is 0 Å². The molecule has 182 valence electrons. The Morgan fingerprint density at radius 1 is 1.19 bits per heavy atom. The lowest BCUT2D eigenvalue weighted by Gasteiger charge is -2.14. The second-order valence-electron chi connectivity index (χ2n) is 7.55. The molecular weight excluding hydrogens is 535 g/mol. The Hall–Kier alpha value is -3.32. The number of ether oxygens (including phenoxy) is 1. The highest BCUT2D eigenvalue weighted by molar-refractivity contribution is 7.99. The predicted octanol–water partition coefficient (Wildman–Crippen LogP) is 5.47. The molecule has 12 heteroatoms. The van der Waals surface area contributed by atoms with Crippen LogP contribution in [0.5, 0.6) is 5.75 Å². The summed E-state index contributed by atoms with van der Waals surface area (Å²) >= 11 is 9.38. The molecule has 2 aromatic carbocycles. The molecule has 3 heterocycles. The van der Waals surface area contributed by atoms with Gasteiger partial charge in [0, 0.05) is 17.6 Å². The zero-order valence-electron chi connectivity index (χ0n) is 19.1. The minimum atomic E-state index is -0.241. The summed E-state index contributed by atoms with van der Waals surface area (Å²) in [5.74, 6) is 0.471. The molecule has 0 aliphatic heterocycles. The van der Waals surface area contributed by atoms with Crippen LogP contribution in [0.1, 0.15) is 5.56 Å². The average molecular weight is 554 g/mol. The molecule has 5 rings (SSSR count). The minimum Gasteiger partial charge on any atom is -0.497 e. The average Bonchev–Trinajstić information content (AvgIpc) is 3.50. The van der Waals surface area contributed by atoms with Gasteiger partial charge in [-0.05, 0) is 42.9 Å². The first-order valence-electron chi connectivity index (χ1n) is 10.7. The number of rotatable bonds is 7. The zero-order chi connectivity index (χ0) is 25.2. The van der Waals surface area contributed by atoms with Gasteiger partial charge >= 0.3 is 0 Å². The molecular formula is C24H19N5O3S4. The van der Waals surface area contributed by atoms with Crippen LogP contribution in [0.3, 0.4) is 0 Å². The van der Waals surface area contributed by atoms with Crippen molar-refractivity contribution in [2.75, 3.05) is 18.2 Å². The first-order chi connectivity index (χ1) is 17.5. The van der Waals surface area contributed by atoms with E-state index in [0.29, 0.717) is 36.0 Å². The van der Waals surface area contributed by atoms with Crippen molar-refractivity contribution in [3.63, 3.8) is 0 Å². The number of para-hydroxylation sites is 1. The number of nitrogens with zero attached hydrogens (tertiary/aromatic N) is 4. The van der Waals surface area contributed by atoms with Gasteiger partial charge in [0.25, 0.3) is 5.56 Å². The van der Waals surface area contributed by atoms with Gasteiger partial charge in [0.2, 0.25) is 5.91 Å². The Labute approximate surface area is 223 Å². The Kier molecular flexibility index (Phi) is 7.01. The van der Waals surface area contributed by atoms with Gasteiger partial charge in [-0.3, -0.25) is 18.7 Å². The number of aryl methyl sites for hydroxylation is 1. The van der Waals surface area contributed by atoms with E-state index in [1.165, 1.54) is 34.4 Å². The van der Waals surface area contributed by atoms with Crippen LogP contribution in [0.2, 0.25) is 0 Å². The number of amides is 1. The molecule has 0 aliphatic carbocycles. The molecule has 0 atom stereocenters. The third-order valence-corrected chi connectivity index (χ3v) is 8.23. The standard InChI is InChI=1S/C24H19N5O3S4/c1-14-6-3-4-9-17(14)29-21(31)19-20(27-23(29)35-13-18(30)26-22-25-10-11-34-22)28(24(33)36-19)15-7-5-8-16(12-15)32-2/h3-12H,13H2,1-2H3,(H,25,26,30). The summed E-state index contributed by atoms with van der Waals surface area (Å²) in [6.45, 7) is 1.93. The molecule has 5 aromatic rings. The minimum absolute atomic E-state index is 0.0490. The van der Waals surface area contributed by atoms with Crippen molar-refractivity contribution in [2.24, 2.45) is 0 Å². The second kappa shape index (κ2) is 10.3. The molecule has 0 saturated carbocycles. The highest BCUT2D eigenvalue weighted by Crippen LogP contribution is 2.29. The van der Waals surface area contributed by atoms with Crippen molar-refractivity contribution in [3.8, 4) is 17.1 Å². The smallest absolute Gasteiger partial charge is 0.278 e. The van der Waals surface area contributed by atoms with Gasteiger partial charge in [0.1, 0.15) is 10.4 Å². The van der Waals surface area contributed by atoms with E-state index in [1.54, 1.807) is 27.8 Å². The summed E-state index contributed by atoms with van der Waals surface area (Å²) in [7, 11) is 1.59. The molecule has 0 bridgehead atoms. The van der Waals surface area contributed by atoms with Gasteiger partial charge in [0.05, 0.1) is 24.2 Å². The fourth-order valence-electron chi connectivity index (χ4n) is 3.61. The SMILES string of the molecule is COc1cccc(-n2c(=S)sc3c(=O)n(-c4ccccc4C)c(SCC(=O)Nc4nccs4)nc32)c1. The van der Waals surface area contributed by atoms with Crippen LogP contribution in [0, 0.1) is 10.9 Å². The number of aromatic nitrogens is 4. The highest BCUT2D eigenvalue weighted by Gasteiger charge is 2.21. The lowest BCUT2D eigenvalue weighted by Crippen LogP contribution is -2.23. The maximum absolute atomic E-state index is 13.8. The molecule has 0 fully saturated rings. The van der Waals surface area contributed by atoms with E-state index >= 15 is 0 Å². The number of carbonyl (C=O) groups excluding carboxylic acids is 1. The number of thioether (sulfide) groups is 1. The van der Waals surface area contributed by atoms with E-state index in [9.17, 15) is 9.59 Å². The van der Waals surface area contributed by atoms with Crippen molar-refractivity contribution < 1.29 is 9.53 Å². The zero-order valence-corrected chi connectivity index (χ0v) is 22.4. The molecule has 0 radical (unpaired) electrons. The molecule has 0 saturated heterocycles. The van der Waals surface area contributed by atoms with Crippen LogP contribution >= 0.6 is 46.7 Å². The lowest BCUT2D eigenvalue weighted by molar-refractivity contribution is -0.113. The highest BCUT2D eigenvalue weighted by atomic mass is 32.2. The van der Waals surface area contributed by atoms with E-state index in [2.05, 4.69) is 10.3 Å². The molecule has 0 aliphatic rings. The largest absolute Gasteiger partial charge is 0.497 e. The normalized spacial score (nSPS) is 11.1. The molecule has 1 amide bonds. The molecule has 36 heavy (non-hydrogen) atoms. The second-order valence-corrected chi connectivity index (χ2v) is 11.0. The van der Waals surface area contributed by atoms with Crippen LogP contribution in [0.4, 0.5) is 5.13 Å². The van der Waals surface area contributed by atoms with Gasteiger partial charge in [-0.15, -0.1) is 11.3 Å². The Morgan fingerprint density at radius 2 is 2.03 bits per heavy atom. The summed E-state index contributed by atoms with van der Waals surface area (Å²) < 4.78 is 9.61. The van der Waals surface area contributed by atoms with Crippen molar-refractivity contribution in [1.82, 2.24) is 19.1 Å². The monoisotopic (exact) mass is 553 g/mol. The predicted molar refractivity (Wildman–Crippen MR) is 148 cm³/mol. The molecule has 8 nitrogen and oxygen atoms in total. The van der Waals surface area contributed by atoms with E-state index < -0.39 is 0 Å². The number of fused-ring (bicyclic) bond motifs is 1. The number of hydrogen-bond donors (Lipinski definition) is 1. The third-order valence-electron chi connectivity index (χ3n) is 5.26. The molecule has 0 unspecified atom stereocenters. The first kappa shape index (κ1) is 24.4. The molecule has 0 spiro atoms. The summed E-state index contributed by atoms with van der Waals surface area (Å²) in [6.07, 6.45) is 1.62. The van der Waals surface area contributed by atoms with Crippen molar-refractivity contribution in [3.05, 3.63) is 80.0 Å². The fraction of sp³-hybridized carbons (Fsp3) is 0.125. The molecule has 1 N–H and O–H groups in total. The van der Waals surface area contributed by atoms with Gasteiger partial charge in [0.15, 0.2) is 19.9 Å². The fourth-order valence-corrected chi connectivity index (χ4v) is 6.25. The van der Waals surface area contributed by atoms with Crippen molar-refractivity contribution >= 4 is 68.0 Å². The van der Waals surface area contributed by atoms with Crippen LogP contribution in [0.25, 0.3) is 21.7 Å². The maximum atomic E-state index is 13.8. The molecule has 3 aromatic heterocycles. The van der Waals surface area contributed by atoms with E-state index in [-0.39, 0.29) is 17.2 Å². The van der Waals surface area contributed by atoms with Crippen LogP contribution in [0.15, 0.2) is 70.1 Å². The van der Waals surface area contributed by atoms with E-state index in [4.69, 9.17) is 21.9 Å². The third kappa shape index (κ3) is 4.72. The first-order valence-corrected chi connectivity index (χ1v) is 13.8. The Morgan fingerprint density at radius 3 is 2.78 bits per heavy atom. The van der Waals surface area contributed by atoms with E-state index in [0.717, 1.165) is 11.3 Å². The van der Waals surface area contributed by atoms with Crippen molar-refractivity contribution in [2.45, 2.75) is 12.1 Å². The summed E-state index contributed by atoms with van der Waals surface area (Å²) in [5, 5.41) is 5.46.